The van der Waals surface area contributed by atoms with Crippen LogP contribution in [0, 0.1) is 0 Å². The quantitative estimate of drug-likeness (QED) is 0.888. The molecule has 4 heteroatoms. The van der Waals surface area contributed by atoms with Crippen LogP contribution in [-0.2, 0) is 0 Å². The first-order valence-electron chi connectivity index (χ1n) is 6.79. The standard InChI is InChI=1S/C15H23NO3/c1-10(2)19-15-8-13(17-3)12(7-14(15)18-4)11-5-6-16-9-11/h7-8,10-11,16H,5-6,9H2,1-4H3. The van der Waals surface area contributed by atoms with Gasteiger partial charge in [-0.3, -0.25) is 0 Å². The molecule has 1 aromatic carbocycles. The molecule has 1 aromatic rings. The van der Waals surface area contributed by atoms with E-state index in [1.165, 1.54) is 5.56 Å². The second-order valence-electron chi connectivity index (χ2n) is 5.10. The van der Waals surface area contributed by atoms with Gasteiger partial charge in [0.05, 0.1) is 20.3 Å². The highest BCUT2D eigenvalue weighted by Gasteiger charge is 2.23. The molecule has 1 aliphatic rings. The fourth-order valence-corrected chi connectivity index (χ4v) is 2.48. The smallest absolute Gasteiger partial charge is 0.165 e. The zero-order valence-corrected chi connectivity index (χ0v) is 12.2. The van der Waals surface area contributed by atoms with Crippen LogP contribution in [0.2, 0.25) is 0 Å². The molecule has 106 valence electrons. The van der Waals surface area contributed by atoms with Gasteiger partial charge in [0.15, 0.2) is 11.5 Å². The summed E-state index contributed by atoms with van der Waals surface area (Å²) < 4.78 is 16.7. The summed E-state index contributed by atoms with van der Waals surface area (Å²) in [4.78, 5) is 0. The molecule has 1 aliphatic heterocycles. The number of ether oxygens (including phenoxy) is 3. The van der Waals surface area contributed by atoms with Gasteiger partial charge in [0.25, 0.3) is 0 Å². The predicted octanol–water partition coefficient (Wildman–Crippen LogP) is 2.57. The van der Waals surface area contributed by atoms with E-state index in [1.54, 1.807) is 14.2 Å². The summed E-state index contributed by atoms with van der Waals surface area (Å²) >= 11 is 0. The van der Waals surface area contributed by atoms with Crippen LogP contribution in [0.4, 0.5) is 0 Å². The van der Waals surface area contributed by atoms with Crippen LogP contribution in [0.25, 0.3) is 0 Å². The zero-order chi connectivity index (χ0) is 13.8. The van der Waals surface area contributed by atoms with Crippen molar-refractivity contribution in [2.75, 3.05) is 27.3 Å². The van der Waals surface area contributed by atoms with Gasteiger partial charge in [0.1, 0.15) is 5.75 Å². The van der Waals surface area contributed by atoms with Gasteiger partial charge in [0, 0.05) is 24.1 Å². The third-order valence-corrected chi connectivity index (χ3v) is 3.38. The van der Waals surface area contributed by atoms with E-state index in [-0.39, 0.29) is 6.10 Å². The zero-order valence-electron chi connectivity index (χ0n) is 12.2. The molecule has 1 unspecified atom stereocenters. The Morgan fingerprint density at radius 1 is 1.11 bits per heavy atom. The molecule has 0 saturated carbocycles. The molecule has 1 heterocycles. The summed E-state index contributed by atoms with van der Waals surface area (Å²) in [6, 6.07) is 3.99. The largest absolute Gasteiger partial charge is 0.496 e. The molecule has 19 heavy (non-hydrogen) atoms. The number of methoxy groups -OCH3 is 2. The van der Waals surface area contributed by atoms with Gasteiger partial charge in [-0.2, -0.15) is 0 Å². The van der Waals surface area contributed by atoms with E-state index < -0.39 is 0 Å². The Labute approximate surface area is 115 Å². The van der Waals surface area contributed by atoms with Crippen LogP contribution in [0.15, 0.2) is 12.1 Å². The van der Waals surface area contributed by atoms with Gasteiger partial charge in [0.2, 0.25) is 0 Å². The van der Waals surface area contributed by atoms with Crippen molar-refractivity contribution in [3.8, 4) is 17.2 Å². The maximum absolute atomic E-state index is 5.78. The molecule has 1 N–H and O–H groups in total. The molecular formula is C15H23NO3. The van der Waals surface area contributed by atoms with Crippen LogP contribution in [0.3, 0.4) is 0 Å². The minimum absolute atomic E-state index is 0.109. The Morgan fingerprint density at radius 3 is 2.37 bits per heavy atom. The van der Waals surface area contributed by atoms with E-state index in [0.717, 1.165) is 36.8 Å². The average molecular weight is 265 g/mol. The Hall–Kier alpha value is -1.42. The molecule has 1 atom stereocenters. The second-order valence-corrected chi connectivity index (χ2v) is 5.10. The van der Waals surface area contributed by atoms with Crippen molar-refractivity contribution in [3.63, 3.8) is 0 Å². The van der Waals surface area contributed by atoms with Gasteiger partial charge in [-0.05, 0) is 32.9 Å². The molecular weight excluding hydrogens is 242 g/mol. The van der Waals surface area contributed by atoms with E-state index in [0.29, 0.717) is 5.92 Å². The van der Waals surface area contributed by atoms with E-state index in [2.05, 4.69) is 5.32 Å². The molecule has 1 saturated heterocycles. The topological polar surface area (TPSA) is 39.7 Å². The van der Waals surface area contributed by atoms with Crippen LogP contribution in [-0.4, -0.2) is 33.4 Å². The Balaban J connectivity index is 2.37. The summed E-state index contributed by atoms with van der Waals surface area (Å²) in [6.07, 6.45) is 1.24. The summed E-state index contributed by atoms with van der Waals surface area (Å²) in [5.74, 6) is 2.88. The number of hydrogen-bond donors (Lipinski definition) is 1. The SMILES string of the molecule is COc1cc(C2CCNC2)c(OC)cc1OC(C)C. The van der Waals surface area contributed by atoms with Gasteiger partial charge in [-0.15, -0.1) is 0 Å². The van der Waals surface area contributed by atoms with Gasteiger partial charge < -0.3 is 19.5 Å². The maximum Gasteiger partial charge on any atom is 0.165 e. The molecule has 0 spiro atoms. The number of benzene rings is 1. The van der Waals surface area contributed by atoms with Crippen LogP contribution >= 0.6 is 0 Å². The first-order valence-corrected chi connectivity index (χ1v) is 6.79. The first kappa shape index (κ1) is 14.0. The van der Waals surface area contributed by atoms with Crippen molar-refractivity contribution in [3.05, 3.63) is 17.7 Å². The lowest BCUT2D eigenvalue weighted by Crippen LogP contribution is -2.10. The van der Waals surface area contributed by atoms with Gasteiger partial charge in [-0.1, -0.05) is 0 Å². The molecule has 0 aromatic heterocycles. The predicted molar refractivity (Wildman–Crippen MR) is 75.5 cm³/mol. The third-order valence-electron chi connectivity index (χ3n) is 3.38. The average Bonchev–Trinajstić information content (AvgIpc) is 2.91. The highest BCUT2D eigenvalue weighted by atomic mass is 16.5. The van der Waals surface area contributed by atoms with E-state index in [9.17, 15) is 0 Å². The van der Waals surface area contributed by atoms with Crippen molar-refractivity contribution in [2.45, 2.75) is 32.3 Å². The third kappa shape index (κ3) is 3.13. The minimum Gasteiger partial charge on any atom is -0.496 e. The molecule has 0 amide bonds. The monoisotopic (exact) mass is 265 g/mol. The molecule has 1 fully saturated rings. The lowest BCUT2D eigenvalue weighted by Gasteiger charge is -2.19. The molecule has 2 rings (SSSR count). The molecule has 0 bridgehead atoms. The highest BCUT2D eigenvalue weighted by Crippen LogP contribution is 2.40. The molecule has 0 radical (unpaired) electrons. The van der Waals surface area contributed by atoms with Gasteiger partial charge >= 0.3 is 0 Å². The summed E-state index contributed by atoms with van der Waals surface area (Å²) in [5, 5.41) is 3.38. The normalized spacial score (nSPS) is 18.7. The lowest BCUT2D eigenvalue weighted by atomic mass is 9.97. The Bertz CT molecular complexity index is 426. The molecule has 0 aliphatic carbocycles. The Kier molecular flexibility index (Phi) is 4.53. The van der Waals surface area contributed by atoms with E-state index in [4.69, 9.17) is 14.2 Å². The first-order chi connectivity index (χ1) is 9.15. The van der Waals surface area contributed by atoms with E-state index in [1.807, 2.05) is 26.0 Å². The fraction of sp³-hybridized carbons (Fsp3) is 0.600. The van der Waals surface area contributed by atoms with Crippen LogP contribution in [0.5, 0.6) is 17.2 Å². The second kappa shape index (κ2) is 6.15. The lowest BCUT2D eigenvalue weighted by molar-refractivity contribution is 0.228. The molecule has 4 nitrogen and oxygen atoms in total. The number of nitrogens with one attached hydrogen (secondary N) is 1. The van der Waals surface area contributed by atoms with Crippen LogP contribution < -0.4 is 19.5 Å². The highest BCUT2D eigenvalue weighted by molar-refractivity contribution is 5.52. The van der Waals surface area contributed by atoms with Crippen molar-refractivity contribution >= 4 is 0 Å². The van der Waals surface area contributed by atoms with Gasteiger partial charge in [-0.25, -0.2) is 0 Å². The fourth-order valence-electron chi connectivity index (χ4n) is 2.48. The number of rotatable bonds is 5. The summed E-state index contributed by atoms with van der Waals surface area (Å²) in [5.41, 5.74) is 1.19. The van der Waals surface area contributed by atoms with Crippen molar-refractivity contribution < 1.29 is 14.2 Å². The minimum atomic E-state index is 0.109. The van der Waals surface area contributed by atoms with Crippen molar-refractivity contribution in [1.29, 1.82) is 0 Å². The van der Waals surface area contributed by atoms with Crippen molar-refractivity contribution in [2.24, 2.45) is 0 Å². The van der Waals surface area contributed by atoms with E-state index >= 15 is 0 Å². The number of hydrogen-bond acceptors (Lipinski definition) is 4. The Morgan fingerprint density at radius 2 is 1.84 bits per heavy atom. The maximum atomic E-state index is 5.78. The summed E-state index contributed by atoms with van der Waals surface area (Å²) in [6.45, 7) is 6.05. The summed E-state index contributed by atoms with van der Waals surface area (Å²) in [7, 11) is 3.37. The van der Waals surface area contributed by atoms with Crippen LogP contribution in [0.1, 0.15) is 31.7 Å². The van der Waals surface area contributed by atoms with Crippen molar-refractivity contribution in [1.82, 2.24) is 5.32 Å².